The van der Waals surface area contributed by atoms with Crippen molar-refractivity contribution in [2.75, 3.05) is 13.6 Å². The molecule has 0 atom stereocenters. The molecular weight excluding hydrogens is 210 g/mol. The van der Waals surface area contributed by atoms with Crippen LogP contribution in [-0.2, 0) is 13.5 Å². The fraction of sp³-hybridized carbons (Fsp3) is 0.500. The molecule has 1 N–H and O–H groups in total. The van der Waals surface area contributed by atoms with Gasteiger partial charge in [-0.05, 0) is 49.4 Å². The van der Waals surface area contributed by atoms with Gasteiger partial charge in [-0.1, -0.05) is 6.07 Å². The molecule has 0 saturated heterocycles. The van der Waals surface area contributed by atoms with E-state index in [1.807, 2.05) is 20.4 Å². The summed E-state index contributed by atoms with van der Waals surface area (Å²) in [5.74, 6) is 0. The Hall–Kier alpha value is -1.35. The van der Waals surface area contributed by atoms with Gasteiger partial charge in [0.2, 0.25) is 0 Å². The molecule has 1 saturated carbocycles. The van der Waals surface area contributed by atoms with Crippen LogP contribution in [0.1, 0.15) is 18.4 Å². The number of benzene rings is 1. The summed E-state index contributed by atoms with van der Waals surface area (Å²) in [7, 11) is 4.08. The smallest absolute Gasteiger partial charge is 0.0955 e. The highest BCUT2D eigenvalue weighted by atomic mass is 15.0. The second kappa shape index (κ2) is 3.84. The van der Waals surface area contributed by atoms with Crippen LogP contribution in [0.2, 0.25) is 0 Å². The first-order valence-corrected chi connectivity index (χ1v) is 6.27. The predicted octanol–water partition coefficient (Wildman–Crippen LogP) is 2.12. The number of rotatable bonds is 4. The zero-order valence-corrected chi connectivity index (χ0v) is 10.5. The van der Waals surface area contributed by atoms with Crippen LogP contribution in [0.5, 0.6) is 0 Å². The molecule has 0 radical (unpaired) electrons. The fourth-order valence-electron chi connectivity index (χ4n) is 2.69. The monoisotopic (exact) mass is 229 g/mol. The van der Waals surface area contributed by atoms with Gasteiger partial charge >= 0.3 is 0 Å². The summed E-state index contributed by atoms with van der Waals surface area (Å²) >= 11 is 0. The van der Waals surface area contributed by atoms with Gasteiger partial charge in [0, 0.05) is 13.6 Å². The van der Waals surface area contributed by atoms with E-state index in [1.54, 1.807) is 0 Å². The minimum absolute atomic E-state index is 0.525. The van der Waals surface area contributed by atoms with Crippen molar-refractivity contribution >= 4 is 11.0 Å². The fourth-order valence-corrected chi connectivity index (χ4v) is 2.69. The van der Waals surface area contributed by atoms with Gasteiger partial charge in [0.25, 0.3) is 0 Å². The van der Waals surface area contributed by atoms with E-state index in [2.05, 4.69) is 33.1 Å². The van der Waals surface area contributed by atoms with Crippen molar-refractivity contribution in [3.05, 3.63) is 30.1 Å². The Morgan fingerprint density at radius 2 is 2.24 bits per heavy atom. The van der Waals surface area contributed by atoms with E-state index in [0.717, 1.165) is 12.1 Å². The molecule has 2 aromatic rings. The maximum Gasteiger partial charge on any atom is 0.0955 e. The van der Waals surface area contributed by atoms with E-state index in [1.165, 1.54) is 30.3 Å². The van der Waals surface area contributed by atoms with Crippen LogP contribution in [0.15, 0.2) is 24.5 Å². The summed E-state index contributed by atoms with van der Waals surface area (Å²) in [6.07, 6.45) is 5.78. The topological polar surface area (TPSA) is 29.9 Å². The molecule has 0 unspecified atom stereocenters. The summed E-state index contributed by atoms with van der Waals surface area (Å²) in [5.41, 5.74) is 4.28. The highest BCUT2D eigenvalue weighted by Crippen LogP contribution is 2.47. The van der Waals surface area contributed by atoms with Crippen molar-refractivity contribution in [1.82, 2.24) is 14.9 Å². The molecule has 3 nitrogen and oxygen atoms in total. The van der Waals surface area contributed by atoms with Gasteiger partial charge in [-0.3, -0.25) is 0 Å². The van der Waals surface area contributed by atoms with Crippen LogP contribution in [0.25, 0.3) is 11.0 Å². The van der Waals surface area contributed by atoms with E-state index >= 15 is 0 Å². The maximum atomic E-state index is 4.42. The Labute approximate surface area is 102 Å². The first kappa shape index (κ1) is 10.8. The average molecular weight is 229 g/mol. The first-order valence-electron chi connectivity index (χ1n) is 6.27. The normalized spacial score (nSPS) is 17.5. The first-order chi connectivity index (χ1) is 8.22. The second-order valence-corrected chi connectivity index (χ2v) is 5.39. The maximum absolute atomic E-state index is 4.42. The summed E-state index contributed by atoms with van der Waals surface area (Å²) in [6.45, 7) is 1.13. The molecule has 1 heterocycles. The molecule has 1 aliphatic carbocycles. The molecule has 3 heteroatoms. The van der Waals surface area contributed by atoms with Crippen LogP contribution in [0.4, 0.5) is 0 Å². The van der Waals surface area contributed by atoms with Crippen LogP contribution in [0.3, 0.4) is 0 Å². The van der Waals surface area contributed by atoms with E-state index in [4.69, 9.17) is 0 Å². The molecule has 0 aliphatic heterocycles. The zero-order valence-electron chi connectivity index (χ0n) is 10.5. The second-order valence-electron chi connectivity index (χ2n) is 5.39. The standard InChI is InChI=1S/C14H19N3/c1-15-9-14(5-6-14)8-11-3-4-13-12(7-11)16-10-17(13)2/h3-4,7,10,15H,5-6,8-9H2,1-2H3. The summed E-state index contributed by atoms with van der Waals surface area (Å²) in [4.78, 5) is 4.42. The number of nitrogens with zero attached hydrogens (tertiary/aromatic N) is 2. The van der Waals surface area contributed by atoms with Gasteiger partial charge in [-0.15, -0.1) is 0 Å². The number of aryl methyl sites for hydroxylation is 1. The predicted molar refractivity (Wildman–Crippen MR) is 70.0 cm³/mol. The molecule has 0 amide bonds. The lowest BCUT2D eigenvalue weighted by Crippen LogP contribution is -2.21. The molecule has 0 spiro atoms. The lowest BCUT2D eigenvalue weighted by atomic mass is 9.96. The van der Waals surface area contributed by atoms with Crippen LogP contribution < -0.4 is 5.32 Å². The van der Waals surface area contributed by atoms with Gasteiger partial charge in [-0.25, -0.2) is 4.98 Å². The molecule has 3 rings (SSSR count). The SMILES string of the molecule is CNCC1(Cc2ccc3c(c2)ncn3C)CC1. The van der Waals surface area contributed by atoms with E-state index in [-0.39, 0.29) is 0 Å². The largest absolute Gasteiger partial charge is 0.334 e. The highest BCUT2D eigenvalue weighted by Gasteiger charge is 2.41. The molecule has 0 bridgehead atoms. The van der Waals surface area contributed by atoms with Gasteiger partial charge in [0.15, 0.2) is 0 Å². The van der Waals surface area contributed by atoms with Crippen LogP contribution in [-0.4, -0.2) is 23.1 Å². The Balaban J connectivity index is 1.86. The number of hydrogen-bond acceptors (Lipinski definition) is 2. The van der Waals surface area contributed by atoms with Crippen molar-refractivity contribution in [3.8, 4) is 0 Å². The Morgan fingerprint density at radius 3 is 2.94 bits per heavy atom. The Morgan fingerprint density at radius 1 is 1.41 bits per heavy atom. The molecular formula is C14H19N3. The number of aromatic nitrogens is 2. The van der Waals surface area contributed by atoms with Crippen molar-refractivity contribution in [2.45, 2.75) is 19.3 Å². The van der Waals surface area contributed by atoms with Gasteiger partial charge in [0.1, 0.15) is 0 Å². The lowest BCUT2D eigenvalue weighted by Gasteiger charge is -2.14. The Kier molecular flexibility index (Phi) is 2.44. The molecule has 90 valence electrons. The van der Waals surface area contributed by atoms with E-state index in [0.29, 0.717) is 5.41 Å². The van der Waals surface area contributed by atoms with E-state index in [9.17, 15) is 0 Å². The quantitative estimate of drug-likeness (QED) is 0.870. The van der Waals surface area contributed by atoms with Crippen molar-refractivity contribution in [1.29, 1.82) is 0 Å². The third kappa shape index (κ3) is 1.95. The van der Waals surface area contributed by atoms with Crippen LogP contribution >= 0.6 is 0 Å². The molecule has 17 heavy (non-hydrogen) atoms. The van der Waals surface area contributed by atoms with Gasteiger partial charge in [0.05, 0.1) is 17.4 Å². The average Bonchev–Trinajstić information content (AvgIpc) is 2.96. The minimum Gasteiger partial charge on any atom is -0.334 e. The molecule has 1 aromatic heterocycles. The number of hydrogen-bond donors (Lipinski definition) is 1. The number of nitrogens with one attached hydrogen (secondary N) is 1. The van der Waals surface area contributed by atoms with Crippen molar-refractivity contribution in [3.63, 3.8) is 0 Å². The summed E-state index contributed by atoms with van der Waals surface area (Å²) in [6, 6.07) is 6.68. The van der Waals surface area contributed by atoms with E-state index < -0.39 is 0 Å². The van der Waals surface area contributed by atoms with Gasteiger partial charge in [-0.2, -0.15) is 0 Å². The summed E-state index contributed by atoms with van der Waals surface area (Å²) < 4.78 is 2.07. The minimum atomic E-state index is 0.525. The number of fused-ring (bicyclic) bond motifs is 1. The van der Waals surface area contributed by atoms with Crippen molar-refractivity contribution < 1.29 is 0 Å². The zero-order chi connectivity index (χ0) is 11.9. The molecule has 1 aliphatic rings. The lowest BCUT2D eigenvalue weighted by molar-refractivity contribution is 0.478. The number of imidazole rings is 1. The third-order valence-corrected chi connectivity index (χ3v) is 3.88. The summed E-state index contributed by atoms with van der Waals surface area (Å²) in [5, 5.41) is 3.31. The Bertz CT molecular complexity index is 537. The molecule has 1 aromatic carbocycles. The van der Waals surface area contributed by atoms with Crippen LogP contribution in [0, 0.1) is 5.41 Å². The van der Waals surface area contributed by atoms with Gasteiger partial charge < -0.3 is 9.88 Å². The third-order valence-electron chi connectivity index (χ3n) is 3.88. The molecule has 1 fully saturated rings. The highest BCUT2D eigenvalue weighted by molar-refractivity contribution is 5.75. The van der Waals surface area contributed by atoms with Crippen molar-refractivity contribution in [2.24, 2.45) is 12.5 Å².